The van der Waals surface area contributed by atoms with E-state index in [1.165, 1.54) is 18.4 Å². The monoisotopic (exact) mass is 166 g/mol. The number of rotatable bonds is 1. The van der Waals surface area contributed by atoms with Gasteiger partial charge in [-0.05, 0) is 12.2 Å². The first-order valence-corrected chi connectivity index (χ1v) is 2.72. The van der Waals surface area contributed by atoms with E-state index in [0.717, 1.165) is 6.20 Å². The second kappa shape index (κ2) is 2.83. The third kappa shape index (κ3) is 2.94. The number of hydrazine groups is 1. The van der Waals surface area contributed by atoms with Gasteiger partial charge < -0.3 is 0 Å². The fourth-order valence-electron chi connectivity index (χ4n) is 0.511. The maximum atomic E-state index is 11.5. The topological polar surface area (TPSA) is 24.5 Å². The molecule has 1 N–H and O–H groups in total. The molecule has 0 spiro atoms. The van der Waals surface area contributed by atoms with Crippen molar-refractivity contribution < 1.29 is 18.0 Å². The van der Waals surface area contributed by atoms with Crippen molar-refractivity contribution in [2.24, 2.45) is 0 Å². The number of hydroxylamine groups is 1. The smallest absolute Gasteiger partial charge is 0.282 e. The van der Waals surface area contributed by atoms with Gasteiger partial charge in [0.2, 0.25) is 0 Å². The van der Waals surface area contributed by atoms with Crippen LogP contribution in [-0.2, 0) is 4.84 Å². The lowest BCUT2D eigenvalue weighted by atomic mass is 10.5. The van der Waals surface area contributed by atoms with Gasteiger partial charge in [-0.2, -0.15) is 10.0 Å². The van der Waals surface area contributed by atoms with E-state index in [0.29, 0.717) is 5.17 Å². The maximum Gasteiger partial charge on any atom is 0.545 e. The van der Waals surface area contributed by atoms with E-state index in [1.54, 1.807) is 0 Å². The Bertz CT molecular complexity index is 187. The van der Waals surface area contributed by atoms with Crippen molar-refractivity contribution in [2.75, 3.05) is 0 Å². The molecule has 6 heteroatoms. The molecule has 0 bridgehead atoms. The zero-order valence-corrected chi connectivity index (χ0v) is 5.30. The number of alkyl halides is 3. The molecule has 0 aliphatic carbocycles. The summed E-state index contributed by atoms with van der Waals surface area (Å²) in [6.45, 7) is 0. The van der Waals surface area contributed by atoms with Crippen LogP contribution in [0.5, 0.6) is 0 Å². The fraction of sp³-hybridized carbons (Fsp3) is 0.200. The molecule has 0 saturated carbocycles. The van der Waals surface area contributed by atoms with E-state index in [9.17, 15) is 13.2 Å². The highest BCUT2D eigenvalue weighted by molar-refractivity contribution is 5.03. The standard InChI is InChI=1S/C5H5F3N2O/c6-5(7,8)11-10-4-2-1-3-9-10/h1-4,9H. The predicted molar refractivity (Wildman–Crippen MR) is 30.4 cm³/mol. The van der Waals surface area contributed by atoms with Crippen molar-refractivity contribution in [3.05, 3.63) is 24.6 Å². The summed E-state index contributed by atoms with van der Waals surface area (Å²) in [6.07, 6.45) is 0.695. The highest BCUT2D eigenvalue weighted by Crippen LogP contribution is 2.17. The van der Waals surface area contributed by atoms with Gasteiger partial charge in [0.05, 0.1) is 6.20 Å². The van der Waals surface area contributed by atoms with E-state index in [-0.39, 0.29) is 0 Å². The van der Waals surface area contributed by atoms with Crippen LogP contribution in [0, 0.1) is 0 Å². The second-order valence-corrected chi connectivity index (χ2v) is 1.69. The summed E-state index contributed by atoms with van der Waals surface area (Å²) < 4.78 is 34.4. The second-order valence-electron chi connectivity index (χ2n) is 1.69. The van der Waals surface area contributed by atoms with Gasteiger partial charge in [-0.1, -0.05) is 0 Å². The summed E-state index contributed by atoms with van der Waals surface area (Å²) in [5.41, 5.74) is 2.20. The Balaban J connectivity index is 2.39. The van der Waals surface area contributed by atoms with E-state index in [1.807, 2.05) is 0 Å². The van der Waals surface area contributed by atoms with Crippen molar-refractivity contribution in [1.82, 2.24) is 10.6 Å². The summed E-state index contributed by atoms with van der Waals surface area (Å²) in [5.74, 6) is 0. The zero-order valence-electron chi connectivity index (χ0n) is 5.30. The van der Waals surface area contributed by atoms with Crippen LogP contribution in [-0.4, -0.2) is 11.5 Å². The summed E-state index contributed by atoms with van der Waals surface area (Å²) in [5, 5.41) is 0.458. The van der Waals surface area contributed by atoms with E-state index in [4.69, 9.17) is 0 Å². The van der Waals surface area contributed by atoms with Gasteiger partial charge in [-0.25, -0.2) is 0 Å². The first kappa shape index (κ1) is 7.93. The van der Waals surface area contributed by atoms with Crippen LogP contribution in [0.4, 0.5) is 13.2 Å². The average Bonchev–Trinajstić information content (AvgIpc) is 1.85. The van der Waals surface area contributed by atoms with Gasteiger partial charge in [0.15, 0.2) is 0 Å². The van der Waals surface area contributed by atoms with Gasteiger partial charge >= 0.3 is 6.36 Å². The molecule has 0 aromatic rings. The van der Waals surface area contributed by atoms with Crippen LogP contribution in [0.1, 0.15) is 0 Å². The molecule has 0 aromatic carbocycles. The maximum absolute atomic E-state index is 11.5. The number of hydrogen-bond acceptors (Lipinski definition) is 3. The van der Waals surface area contributed by atoms with E-state index in [2.05, 4.69) is 10.3 Å². The van der Waals surface area contributed by atoms with Crippen molar-refractivity contribution in [3.63, 3.8) is 0 Å². The molecule has 1 aliphatic rings. The van der Waals surface area contributed by atoms with Crippen molar-refractivity contribution >= 4 is 0 Å². The first-order chi connectivity index (χ1) is 5.08. The molecule has 11 heavy (non-hydrogen) atoms. The normalized spacial score (nSPS) is 16.8. The summed E-state index contributed by atoms with van der Waals surface area (Å²) in [7, 11) is 0. The fourth-order valence-corrected chi connectivity index (χ4v) is 0.511. The summed E-state index contributed by atoms with van der Waals surface area (Å²) in [6, 6.07) is 0. The number of nitrogens with one attached hydrogen (secondary N) is 1. The molecular formula is C5H5F3N2O. The number of halogens is 3. The Morgan fingerprint density at radius 1 is 1.27 bits per heavy atom. The minimum absolute atomic E-state index is 0.458. The molecule has 0 fully saturated rings. The minimum atomic E-state index is -4.66. The van der Waals surface area contributed by atoms with Gasteiger partial charge in [-0.15, -0.1) is 13.2 Å². The van der Waals surface area contributed by atoms with Crippen LogP contribution in [0.2, 0.25) is 0 Å². The Morgan fingerprint density at radius 2 is 2.00 bits per heavy atom. The number of nitrogens with zero attached hydrogens (tertiary/aromatic N) is 1. The van der Waals surface area contributed by atoms with Gasteiger partial charge in [0.25, 0.3) is 0 Å². The lowest BCUT2D eigenvalue weighted by Crippen LogP contribution is -2.36. The Kier molecular flexibility index (Phi) is 2.04. The quantitative estimate of drug-likeness (QED) is 0.635. The Hall–Kier alpha value is -1.17. The Labute approximate surface area is 60.7 Å². The van der Waals surface area contributed by atoms with Gasteiger partial charge in [-0.3, -0.25) is 5.43 Å². The molecule has 1 rings (SSSR count). The van der Waals surface area contributed by atoms with Crippen LogP contribution in [0.25, 0.3) is 0 Å². The van der Waals surface area contributed by atoms with Crippen molar-refractivity contribution in [1.29, 1.82) is 0 Å². The Morgan fingerprint density at radius 3 is 2.45 bits per heavy atom. The molecule has 0 amide bonds. The molecule has 0 aromatic heterocycles. The van der Waals surface area contributed by atoms with Gasteiger partial charge in [0, 0.05) is 6.20 Å². The SMILES string of the molecule is FC(F)(F)ON1C=CC=CN1. The minimum Gasteiger partial charge on any atom is -0.282 e. The molecule has 3 nitrogen and oxygen atoms in total. The summed E-state index contributed by atoms with van der Waals surface area (Å²) in [4.78, 5) is 3.46. The van der Waals surface area contributed by atoms with Crippen LogP contribution in [0.15, 0.2) is 24.6 Å². The molecule has 0 radical (unpaired) electrons. The molecule has 1 heterocycles. The number of allylic oxidation sites excluding steroid dienone is 2. The van der Waals surface area contributed by atoms with Crippen molar-refractivity contribution in [3.8, 4) is 0 Å². The average molecular weight is 166 g/mol. The lowest BCUT2D eigenvalue weighted by molar-refractivity contribution is -0.411. The third-order valence-electron chi connectivity index (χ3n) is 0.832. The molecule has 62 valence electrons. The molecule has 0 atom stereocenters. The van der Waals surface area contributed by atoms with Gasteiger partial charge in [0.1, 0.15) is 0 Å². The van der Waals surface area contributed by atoms with Crippen LogP contribution in [0.3, 0.4) is 0 Å². The van der Waals surface area contributed by atoms with E-state index >= 15 is 0 Å². The van der Waals surface area contributed by atoms with E-state index < -0.39 is 6.36 Å². The first-order valence-electron chi connectivity index (χ1n) is 2.72. The van der Waals surface area contributed by atoms with Crippen molar-refractivity contribution in [2.45, 2.75) is 6.36 Å². The third-order valence-corrected chi connectivity index (χ3v) is 0.832. The summed E-state index contributed by atoms with van der Waals surface area (Å²) >= 11 is 0. The molecule has 0 saturated heterocycles. The molecular weight excluding hydrogens is 161 g/mol. The predicted octanol–water partition coefficient (Wildman–Crippen LogP) is 1.29. The molecule has 1 aliphatic heterocycles. The highest BCUT2D eigenvalue weighted by Gasteiger charge is 2.32. The van der Waals surface area contributed by atoms with Crippen LogP contribution >= 0.6 is 0 Å². The van der Waals surface area contributed by atoms with Crippen LogP contribution < -0.4 is 5.43 Å². The number of hydrogen-bond donors (Lipinski definition) is 1. The lowest BCUT2D eigenvalue weighted by Gasteiger charge is -2.21. The molecule has 0 unspecified atom stereocenters. The zero-order chi connectivity index (χ0) is 8.32. The largest absolute Gasteiger partial charge is 0.545 e. The highest BCUT2D eigenvalue weighted by atomic mass is 19.4.